The molecule has 1 atom stereocenters. The van der Waals surface area contributed by atoms with E-state index in [9.17, 15) is 9.59 Å². The van der Waals surface area contributed by atoms with Gasteiger partial charge in [0.05, 0.1) is 5.92 Å². The molecule has 3 rings (SSSR count). The lowest BCUT2D eigenvalue weighted by Crippen LogP contribution is -2.47. The molecular formula is C18H23N3O2. The first-order chi connectivity index (χ1) is 11.1. The van der Waals surface area contributed by atoms with Gasteiger partial charge < -0.3 is 9.80 Å². The highest BCUT2D eigenvalue weighted by molar-refractivity contribution is 5.83. The van der Waals surface area contributed by atoms with E-state index >= 15 is 0 Å². The van der Waals surface area contributed by atoms with Crippen LogP contribution < -0.4 is 0 Å². The third kappa shape index (κ3) is 3.60. The first kappa shape index (κ1) is 15.7. The van der Waals surface area contributed by atoms with Crippen molar-refractivity contribution in [2.45, 2.75) is 26.2 Å². The molecule has 1 aromatic heterocycles. The van der Waals surface area contributed by atoms with Crippen molar-refractivity contribution in [3.63, 3.8) is 0 Å². The van der Waals surface area contributed by atoms with Gasteiger partial charge in [-0.25, -0.2) is 0 Å². The van der Waals surface area contributed by atoms with Gasteiger partial charge in [0.25, 0.3) is 0 Å². The molecule has 0 N–H and O–H groups in total. The smallest absolute Gasteiger partial charge is 0.227 e. The van der Waals surface area contributed by atoms with Crippen molar-refractivity contribution in [3.05, 3.63) is 36.2 Å². The second-order valence-corrected chi connectivity index (χ2v) is 6.32. The van der Waals surface area contributed by atoms with Crippen LogP contribution in [0.2, 0.25) is 0 Å². The lowest BCUT2D eigenvalue weighted by Gasteiger charge is -2.36. The molecule has 0 radical (unpaired) electrons. The highest BCUT2D eigenvalue weighted by Gasteiger charge is 2.31. The van der Waals surface area contributed by atoms with E-state index in [2.05, 4.69) is 11.1 Å². The number of amides is 2. The van der Waals surface area contributed by atoms with Crippen molar-refractivity contribution in [2.24, 2.45) is 5.92 Å². The highest BCUT2D eigenvalue weighted by Crippen LogP contribution is 2.24. The summed E-state index contributed by atoms with van der Waals surface area (Å²) < 4.78 is 0. The lowest BCUT2D eigenvalue weighted by atomic mass is 9.94. The van der Waals surface area contributed by atoms with Gasteiger partial charge in [-0.3, -0.25) is 14.6 Å². The molecular weight excluding hydrogens is 290 g/mol. The molecule has 23 heavy (non-hydrogen) atoms. The molecule has 2 aliphatic rings. The van der Waals surface area contributed by atoms with E-state index < -0.39 is 0 Å². The average Bonchev–Trinajstić information content (AvgIpc) is 2.62. The van der Waals surface area contributed by atoms with Gasteiger partial charge in [0.1, 0.15) is 0 Å². The Balaban J connectivity index is 1.66. The monoisotopic (exact) mass is 313 g/mol. The summed E-state index contributed by atoms with van der Waals surface area (Å²) in [4.78, 5) is 32.3. The van der Waals surface area contributed by atoms with Crippen LogP contribution in [0.4, 0.5) is 0 Å². The fraction of sp³-hybridized carbons (Fsp3) is 0.500. The zero-order valence-electron chi connectivity index (χ0n) is 13.6. The molecule has 2 aliphatic heterocycles. The molecule has 0 spiro atoms. The molecule has 0 bridgehead atoms. The Labute approximate surface area is 137 Å². The molecule has 0 aliphatic carbocycles. The third-order valence-corrected chi connectivity index (χ3v) is 4.71. The number of hydrogen-bond donors (Lipinski definition) is 0. The quantitative estimate of drug-likeness (QED) is 0.838. The van der Waals surface area contributed by atoms with Crippen LogP contribution in [0, 0.1) is 5.92 Å². The summed E-state index contributed by atoms with van der Waals surface area (Å²) >= 11 is 0. The van der Waals surface area contributed by atoms with Crippen LogP contribution in [-0.4, -0.2) is 52.8 Å². The molecule has 3 heterocycles. The maximum atomic E-state index is 12.8. The summed E-state index contributed by atoms with van der Waals surface area (Å²) in [6.07, 6.45) is 8.47. The number of pyridine rings is 1. The zero-order chi connectivity index (χ0) is 16.2. The number of carbonyl (C=O) groups excluding carboxylic acids is 2. The average molecular weight is 313 g/mol. The SMILES string of the molecule is CC(=O)N1CCCC(C(=O)N2CCC=C(c3cccnc3)C2)C1. The number of rotatable bonds is 2. The maximum Gasteiger partial charge on any atom is 0.227 e. The Hall–Kier alpha value is -2.17. The number of nitrogens with zero attached hydrogens (tertiary/aromatic N) is 3. The standard InChI is InChI=1S/C18H23N3O2/c1-14(22)20-9-4-7-17(13-20)18(23)21-10-3-6-16(12-21)15-5-2-8-19-11-15/h2,5-6,8,11,17H,3-4,7,9-10,12-13H2,1H3. The molecule has 1 unspecified atom stereocenters. The van der Waals surface area contributed by atoms with Crippen molar-refractivity contribution in [3.8, 4) is 0 Å². The number of likely N-dealkylation sites (tertiary alicyclic amines) is 1. The van der Waals surface area contributed by atoms with Gasteiger partial charge in [-0.05, 0) is 36.5 Å². The highest BCUT2D eigenvalue weighted by atomic mass is 16.2. The topological polar surface area (TPSA) is 53.5 Å². The molecule has 1 fully saturated rings. The summed E-state index contributed by atoms with van der Waals surface area (Å²) in [7, 11) is 0. The van der Waals surface area contributed by atoms with E-state index in [0.717, 1.165) is 43.5 Å². The fourth-order valence-corrected chi connectivity index (χ4v) is 3.42. The van der Waals surface area contributed by atoms with E-state index in [0.29, 0.717) is 13.1 Å². The summed E-state index contributed by atoms with van der Waals surface area (Å²) in [5.41, 5.74) is 2.25. The fourth-order valence-electron chi connectivity index (χ4n) is 3.42. The molecule has 0 saturated carbocycles. The molecule has 122 valence electrons. The van der Waals surface area contributed by atoms with Crippen LogP contribution in [0.3, 0.4) is 0 Å². The molecule has 1 aromatic rings. The Morgan fingerprint density at radius 2 is 2.13 bits per heavy atom. The minimum Gasteiger partial charge on any atom is -0.342 e. The Morgan fingerprint density at radius 3 is 2.87 bits per heavy atom. The molecule has 2 amide bonds. The molecule has 1 saturated heterocycles. The van der Waals surface area contributed by atoms with Crippen LogP contribution in [0.1, 0.15) is 31.7 Å². The summed E-state index contributed by atoms with van der Waals surface area (Å²) in [5, 5.41) is 0. The van der Waals surface area contributed by atoms with Crippen molar-refractivity contribution < 1.29 is 9.59 Å². The first-order valence-electron chi connectivity index (χ1n) is 8.29. The normalized spacial score (nSPS) is 21.8. The molecule has 5 heteroatoms. The van der Waals surface area contributed by atoms with Crippen LogP contribution in [0.25, 0.3) is 5.57 Å². The summed E-state index contributed by atoms with van der Waals surface area (Å²) in [6.45, 7) is 4.33. The predicted octanol–water partition coefficient (Wildman–Crippen LogP) is 1.96. The minimum absolute atomic E-state index is 0.0547. The second kappa shape index (κ2) is 6.94. The minimum atomic E-state index is -0.0547. The number of hydrogen-bond acceptors (Lipinski definition) is 3. The van der Waals surface area contributed by atoms with Crippen molar-refractivity contribution in [1.29, 1.82) is 0 Å². The van der Waals surface area contributed by atoms with Crippen LogP contribution in [-0.2, 0) is 9.59 Å². The number of carbonyl (C=O) groups is 2. The van der Waals surface area contributed by atoms with Gasteiger partial charge in [0.15, 0.2) is 0 Å². The van der Waals surface area contributed by atoms with Gasteiger partial charge >= 0.3 is 0 Å². The summed E-state index contributed by atoms with van der Waals surface area (Å²) in [6, 6.07) is 3.95. The third-order valence-electron chi connectivity index (χ3n) is 4.71. The number of piperidine rings is 1. The first-order valence-corrected chi connectivity index (χ1v) is 8.29. The van der Waals surface area contributed by atoms with Crippen LogP contribution in [0.15, 0.2) is 30.6 Å². The van der Waals surface area contributed by atoms with Gasteiger partial charge in [0.2, 0.25) is 11.8 Å². The van der Waals surface area contributed by atoms with E-state index in [1.165, 1.54) is 0 Å². The number of aromatic nitrogens is 1. The van der Waals surface area contributed by atoms with Gasteiger partial charge in [-0.15, -0.1) is 0 Å². The Kier molecular flexibility index (Phi) is 4.74. The van der Waals surface area contributed by atoms with E-state index in [1.807, 2.05) is 23.2 Å². The molecule has 0 aromatic carbocycles. The van der Waals surface area contributed by atoms with Gasteiger partial charge in [-0.1, -0.05) is 12.1 Å². The van der Waals surface area contributed by atoms with Crippen LogP contribution in [0.5, 0.6) is 0 Å². The van der Waals surface area contributed by atoms with Crippen molar-refractivity contribution in [1.82, 2.24) is 14.8 Å². The largest absolute Gasteiger partial charge is 0.342 e. The maximum absolute atomic E-state index is 12.8. The van der Waals surface area contributed by atoms with E-state index in [4.69, 9.17) is 0 Å². The lowest BCUT2D eigenvalue weighted by molar-refractivity contribution is -0.139. The van der Waals surface area contributed by atoms with Crippen LogP contribution >= 0.6 is 0 Å². The van der Waals surface area contributed by atoms with Crippen molar-refractivity contribution >= 4 is 17.4 Å². The summed E-state index contributed by atoms with van der Waals surface area (Å²) in [5.74, 6) is 0.198. The van der Waals surface area contributed by atoms with E-state index in [1.54, 1.807) is 18.0 Å². The van der Waals surface area contributed by atoms with E-state index in [-0.39, 0.29) is 17.7 Å². The Bertz CT molecular complexity index is 612. The van der Waals surface area contributed by atoms with Crippen molar-refractivity contribution in [2.75, 3.05) is 26.2 Å². The Morgan fingerprint density at radius 1 is 1.26 bits per heavy atom. The molecule has 5 nitrogen and oxygen atoms in total. The van der Waals surface area contributed by atoms with Gasteiger partial charge in [0, 0.05) is 45.5 Å². The van der Waals surface area contributed by atoms with Gasteiger partial charge in [-0.2, -0.15) is 0 Å². The predicted molar refractivity (Wildman–Crippen MR) is 88.4 cm³/mol. The second-order valence-electron chi connectivity index (χ2n) is 6.32. The zero-order valence-corrected chi connectivity index (χ0v) is 13.6.